The van der Waals surface area contributed by atoms with Gasteiger partial charge >= 0.3 is 0 Å². The van der Waals surface area contributed by atoms with Crippen LogP contribution in [0.25, 0.3) is 0 Å². The van der Waals surface area contributed by atoms with Crippen LogP contribution in [0.2, 0.25) is 0 Å². The van der Waals surface area contributed by atoms with E-state index in [0.717, 1.165) is 25.4 Å². The van der Waals surface area contributed by atoms with Gasteiger partial charge in [0.05, 0.1) is 5.69 Å². The SMILES string of the molecule is CCc1nc(N2CC(C)CC2C)sc1CNC(C)C. The van der Waals surface area contributed by atoms with Gasteiger partial charge in [0.2, 0.25) is 0 Å². The first-order chi connectivity index (χ1) is 9.01. The summed E-state index contributed by atoms with van der Waals surface area (Å²) in [7, 11) is 0. The normalized spacial score (nSPS) is 23.6. The Bertz CT molecular complexity index is 414. The zero-order valence-corrected chi connectivity index (χ0v) is 13.7. The summed E-state index contributed by atoms with van der Waals surface area (Å²) in [6.07, 6.45) is 2.32. The highest BCUT2D eigenvalue weighted by Crippen LogP contribution is 2.33. The molecule has 1 aromatic rings. The molecule has 2 atom stereocenters. The first-order valence-electron chi connectivity index (χ1n) is 7.49. The Labute approximate surface area is 121 Å². The van der Waals surface area contributed by atoms with Crippen molar-refractivity contribution >= 4 is 16.5 Å². The van der Waals surface area contributed by atoms with Crippen molar-refractivity contribution in [3.63, 3.8) is 0 Å². The third kappa shape index (κ3) is 3.48. The number of hydrogen-bond donors (Lipinski definition) is 1. The smallest absolute Gasteiger partial charge is 0.186 e. The fourth-order valence-corrected chi connectivity index (χ4v) is 3.98. The molecule has 4 heteroatoms. The lowest BCUT2D eigenvalue weighted by atomic mass is 10.1. The second kappa shape index (κ2) is 6.23. The van der Waals surface area contributed by atoms with Gasteiger partial charge in [0.1, 0.15) is 0 Å². The molecule has 0 saturated carbocycles. The topological polar surface area (TPSA) is 28.2 Å². The number of nitrogens with one attached hydrogen (secondary N) is 1. The zero-order chi connectivity index (χ0) is 14.0. The van der Waals surface area contributed by atoms with Crippen LogP contribution in [0.4, 0.5) is 5.13 Å². The second-order valence-corrected chi connectivity index (χ2v) is 7.16. The van der Waals surface area contributed by atoms with Gasteiger partial charge in [-0.05, 0) is 25.7 Å². The van der Waals surface area contributed by atoms with Gasteiger partial charge < -0.3 is 10.2 Å². The van der Waals surface area contributed by atoms with Crippen molar-refractivity contribution in [3.05, 3.63) is 10.6 Å². The van der Waals surface area contributed by atoms with Gasteiger partial charge in [0.15, 0.2) is 5.13 Å². The van der Waals surface area contributed by atoms with Crippen LogP contribution >= 0.6 is 11.3 Å². The van der Waals surface area contributed by atoms with Crippen LogP contribution in [-0.4, -0.2) is 23.6 Å². The summed E-state index contributed by atoms with van der Waals surface area (Å²) < 4.78 is 0. The summed E-state index contributed by atoms with van der Waals surface area (Å²) in [6.45, 7) is 13.4. The molecule has 2 rings (SSSR count). The molecule has 0 aromatic carbocycles. The van der Waals surface area contributed by atoms with E-state index >= 15 is 0 Å². The van der Waals surface area contributed by atoms with Crippen molar-refractivity contribution in [1.29, 1.82) is 0 Å². The predicted octanol–water partition coefficient (Wildman–Crippen LogP) is 3.44. The molecule has 2 heterocycles. The molecule has 1 fully saturated rings. The molecule has 1 N–H and O–H groups in total. The Hall–Kier alpha value is -0.610. The molecule has 1 aromatic heterocycles. The molecule has 3 nitrogen and oxygen atoms in total. The maximum atomic E-state index is 4.88. The van der Waals surface area contributed by atoms with E-state index in [2.05, 4.69) is 44.8 Å². The summed E-state index contributed by atoms with van der Waals surface area (Å²) in [4.78, 5) is 8.79. The number of aromatic nitrogens is 1. The minimum Gasteiger partial charge on any atom is -0.345 e. The molecule has 1 aliphatic rings. The quantitative estimate of drug-likeness (QED) is 0.896. The molecule has 0 spiro atoms. The molecular weight excluding hydrogens is 254 g/mol. The standard InChI is InChI=1S/C15H27N3S/c1-6-13-14(8-16-10(2)3)19-15(17-13)18-9-11(4)7-12(18)5/h10-12,16H,6-9H2,1-5H3. The summed E-state index contributed by atoms with van der Waals surface area (Å²) in [5.41, 5.74) is 1.28. The van der Waals surface area contributed by atoms with E-state index < -0.39 is 0 Å². The Kier molecular flexibility index (Phi) is 4.85. The lowest BCUT2D eigenvalue weighted by molar-refractivity contribution is 0.590. The van der Waals surface area contributed by atoms with Crippen LogP contribution in [0.1, 0.15) is 51.6 Å². The fraction of sp³-hybridized carbons (Fsp3) is 0.800. The number of hydrogen-bond acceptors (Lipinski definition) is 4. The van der Waals surface area contributed by atoms with Crippen molar-refractivity contribution in [1.82, 2.24) is 10.3 Å². The van der Waals surface area contributed by atoms with Gasteiger partial charge in [-0.2, -0.15) is 0 Å². The lowest BCUT2D eigenvalue weighted by Crippen LogP contribution is -2.26. The maximum Gasteiger partial charge on any atom is 0.186 e. The van der Waals surface area contributed by atoms with Crippen LogP contribution in [0.3, 0.4) is 0 Å². The number of anilines is 1. The highest BCUT2D eigenvalue weighted by molar-refractivity contribution is 7.15. The number of aryl methyl sites for hydroxylation is 1. The third-order valence-corrected chi connectivity index (χ3v) is 4.94. The number of nitrogens with zero attached hydrogens (tertiary/aromatic N) is 2. The lowest BCUT2D eigenvalue weighted by Gasteiger charge is -2.20. The van der Waals surface area contributed by atoms with Crippen molar-refractivity contribution in [2.75, 3.05) is 11.4 Å². The van der Waals surface area contributed by atoms with Crippen LogP contribution in [0.15, 0.2) is 0 Å². The fourth-order valence-electron chi connectivity index (χ4n) is 2.77. The average molecular weight is 281 g/mol. The minimum atomic E-state index is 0.529. The first-order valence-corrected chi connectivity index (χ1v) is 8.31. The van der Waals surface area contributed by atoms with Crippen molar-refractivity contribution in [2.45, 2.75) is 66.1 Å². The summed E-state index contributed by atoms with van der Waals surface area (Å²) in [5.74, 6) is 0.793. The molecule has 0 radical (unpaired) electrons. The molecule has 1 saturated heterocycles. The molecule has 1 aliphatic heterocycles. The highest BCUT2D eigenvalue weighted by Gasteiger charge is 2.28. The van der Waals surface area contributed by atoms with E-state index in [0.29, 0.717) is 12.1 Å². The Morgan fingerprint density at radius 3 is 2.68 bits per heavy atom. The molecule has 2 unspecified atom stereocenters. The van der Waals surface area contributed by atoms with Gasteiger partial charge in [0, 0.05) is 30.1 Å². The molecule has 0 bridgehead atoms. The van der Waals surface area contributed by atoms with Gasteiger partial charge in [0.25, 0.3) is 0 Å². The van der Waals surface area contributed by atoms with Crippen LogP contribution in [0, 0.1) is 5.92 Å². The van der Waals surface area contributed by atoms with Crippen LogP contribution in [-0.2, 0) is 13.0 Å². The highest BCUT2D eigenvalue weighted by atomic mass is 32.1. The van der Waals surface area contributed by atoms with E-state index in [1.807, 2.05) is 11.3 Å². The van der Waals surface area contributed by atoms with E-state index in [9.17, 15) is 0 Å². The van der Waals surface area contributed by atoms with E-state index in [1.165, 1.54) is 22.1 Å². The number of rotatable bonds is 5. The van der Waals surface area contributed by atoms with E-state index in [4.69, 9.17) is 4.98 Å². The molecule has 0 amide bonds. The molecule has 19 heavy (non-hydrogen) atoms. The van der Waals surface area contributed by atoms with Crippen molar-refractivity contribution in [2.24, 2.45) is 5.92 Å². The number of thiazole rings is 1. The minimum absolute atomic E-state index is 0.529. The predicted molar refractivity (Wildman–Crippen MR) is 84.1 cm³/mol. The van der Waals surface area contributed by atoms with E-state index in [1.54, 1.807) is 0 Å². The van der Waals surface area contributed by atoms with Crippen LogP contribution in [0.5, 0.6) is 0 Å². The second-order valence-electron chi connectivity index (χ2n) is 6.10. The largest absolute Gasteiger partial charge is 0.345 e. The monoisotopic (exact) mass is 281 g/mol. The van der Waals surface area contributed by atoms with Gasteiger partial charge in [-0.3, -0.25) is 0 Å². The van der Waals surface area contributed by atoms with Crippen molar-refractivity contribution in [3.8, 4) is 0 Å². The summed E-state index contributed by atoms with van der Waals surface area (Å²) in [6, 6.07) is 1.16. The first kappa shape index (κ1) is 14.8. The van der Waals surface area contributed by atoms with Gasteiger partial charge in [-0.1, -0.05) is 27.7 Å². The van der Waals surface area contributed by atoms with E-state index in [-0.39, 0.29) is 0 Å². The zero-order valence-electron chi connectivity index (χ0n) is 12.9. The summed E-state index contributed by atoms with van der Waals surface area (Å²) in [5, 5.41) is 4.74. The third-order valence-electron chi connectivity index (χ3n) is 3.80. The Morgan fingerprint density at radius 1 is 1.42 bits per heavy atom. The maximum absolute atomic E-state index is 4.88. The molecular formula is C15H27N3S. The summed E-state index contributed by atoms with van der Waals surface area (Å²) >= 11 is 1.88. The molecule has 0 aliphatic carbocycles. The van der Waals surface area contributed by atoms with Gasteiger partial charge in [-0.15, -0.1) is 11.3 Å². The average Bonchev–Trinajstić information content (AvgIpc) is 2.89. The van der Waals surface area contributed by atoms with Crippen molar-refractivity contribution < 1.29 is 0 Å². The Balaban J connectivity index is 2.14. The molecule has 108 valence electrons. The van der Waals surface area contributed by atoms with Gasteiger partial charge in [-0.25, -0.2) is 4.98 Å². The Morgan fingerprint density at radius 2 is 2.16 bits per heavy atom. The van der Waals surface area contributed by atoms with Crippen LogP contribution < -0.4 is 10.2 Å².